The number of nitrogens with zero attached hydrogens (tertiary/aromatic N) is 1. The van der Waals surface area contributed by atoms with Crippen molar-refractivity contribution in [2.45, 2.75) is 18.9 Å². The first-order chi connectivity index (χ1) is 13.1. The van der Waals surface area contributed by atoms with Gasteiger partial charge in [-0.2, -0.15) is 0 Å². The summed E-state index contributed by atoms with van der Waals surface area (Å²) >= 11 is 0. The van der Waals surface area contributed by atoms with Gasteiger partial charge in [-0.1, -0.05) is 30.3 Å². The third-order valence-electron chi connectivity index (χ3n) is 4.77. The van der Waals surface area contributed by atoms with Crippen LogP contribution < -0.4 is 14.8 Å². The molecule has 0 radical (unpaired) electrons. The second kappa shape index (κ2) is 8.58. The van der Waals surface area contributed by atoms with E-state index in [-0.39, 0.29) is 24.4 Å². The van der Waals surface area contributed by atoms with Crippen molar-refractivity contribution in [2.24, 2.45) is 0 Å². The van der Waals surface area contributed by atoms with Crippen LogP contribution in [0.2, 0.25) is 0 Å². The summed E-state index contributed by atoms with van der Waals surface area (Å²) in [5.74, 6) is 0.629. The fraction of sp³-hybridized carbons (Fsp3) is 0.333. The molecule has 2 aromatic carbocycles. The van der Waals surface area contributed by atoms with E-state index >= 15 is 0 Å². The number of hydrogen-bond donors (Lipinski definition) is 1. The number of carbonyl (C=O) groups excluding carboxylic acids is 2. The highest BCUT2D eigenvalue weighted by Gasteiger charge is 2.29. The zero-order valence-electron chi connectivity index (χ0n) is 15.6. The molecule has 1 aliphatic rings. The van der Waals surface area contributed by atoms with Gasteiger partial charge in [0.15, 0.2) is 0 Å². The van der Waals surface area contributed by atoms with Gasteiger partial charge in [0.2, 0.25) is 5.91 Å². The first-order valence-electron chi connectivity index (χ1n) is 8.98. The third kappa shape index (κ3) is 4.39. The third-order valence-corrected chi connectivity index (χ3v) is 4.77. The maximum absolute atomic E-state index is 12.7. The molecule has 0 aromatic heterocycles. The minimum atomic E-state index is -0.337. The van der Waals surface area contributed by atoms with Gasteiger partial charge < -0.3 is 19.7 Å². The normalized spacial score (nSPS) is 16.1. The van der Waals surface area contributed by atoms with E-state index in [2.05, 4.69) is 5.32 Å². The molecule has 2 aromatic rings. The summed E-state index contributed by atoms with van der Waals surface area (Å²) in [6, 6.07) is 15.0. The number of carbonyl (C=O) groups is 2. The summed E-state index contributed by atoms with van der Waals surface area (Å²) in [7, 11) is 3.05. The first kappa shape index (κ1) is 18.8. The molecule has 0 saturated carbocycles. The molecule has 1 saturated heterocycles. The van der Waals surface area contributed by atoms with Gasteiger partial charge in [0.1, 0.15) is 11.5 Å². The number of methoxy groups -OCH3 is 2. The Morgan fingerprint density at radius 2 is 1.74 bits per heavy atom. The van der Waals surface area contributed by atoms with Gasteiger partial charge in [-0.05, 0) is 30.5 Å². The Morgan fingerprint density at radius 1 is 1.07 bits per heavy atom. The van der Waals surface area contributed by atoms with Crippen LogP contribution in [0.5, 0.6) is 11.5 Å². The molecule has 1 aliphatic heterocycles. The second-order valence-electron chi connectivity index (χ2n) is 6.44. The number of likely N-dealkylation sites (tertiary alicyclic amines) is 1. The molecule has 3 rings (SSSR count). The van der Waals surface area contributed by atoms with Gasteiger partial charge in [0.05, 0.1) is 26.8 Å². The molecule has 142 valence electrons. The van der Waals surface area contributed by atoms with E-state index in [1.165, 1.54) is 14.2 Å². The Kier molecular flexibility index (Phi) is 5.96. The first-order valence-corrected chi connectivity index (χ1v) is 8.98. The zero-order valence-corrected chi connectivity index (χ0v) is 15.6. The smallest absolute Gasteiger partial charge is 0.251 e. The lowest BCUT2D eigenvalue weighted by atomic mass is 10.0. The summed E-state index contributed by atoms with van der Waals surface area (Å²) in [6.07, 6.45) is 1.91. The topological polar surface area (TPSA) is 67.9 Å². The molecule has 2 amide bonds. The lowest BCUT2D eigenvalue weighted by Gasteiger charge is -2.25. The standard InChI is InChI=1S/C21H24N2O4/c1-26-17-11-16(12-18(13-17)27-2)21(25)22-14-20(24)23-10-6-9-19(23)15-7-4-3-5-8-15/h3-5,7-8,11-13,19H,6,9-10,14H2,1-2H3,(H,22,25). The highest BCUT2D eigenvalue weighted by atomic mass is 16.5. The van der Waals surface area contributed by atoms with E-state index in [1.807, 2.05) is 35.2 Å². The van der Waals surface area contributed by atoms with Gasteiger partial charge in [-0.3, -0.25) is 9.59 Å². The quantitative estimate of drug-likeness (QED) is 0.851. The van der Waals surface area contributed by atoms with Crippen molar-refractivity contribution < 1.29 is 19.1 Å². The molecular weight excluding hydrogens is 344 g/mol. The Hall–Kier alpha value is -3.02. The van der Waals surface area contributed by atoms with Crippen LogP contribution in [0.25, 0.3) is 0 Å². The summed E-state index contributed by atoms with van der Waals surface area (Å²) < 4.78 is 10.4. The predicted molar refractivity (Wildman–Crippen MR) is 102 cm³/mol. The average Bonchev–Trinajstić information content (AvgIpc) is 3.22. The summed E-state index contributed by atoms with van der Waals surface area (Å²) in [6.45, 7) is 0.670. The summed E-state index contributed by atoms with van der Waals surface area (Å²) in [4.78, 5) is 27.0. The maximum atomic E-state index is 12.7. The average molecular weight is 368 g/mol. The highest BCUT2D eigenvalue weighted by Crippen LogP contribution is 2.31. The number of ether oxygens (including phenoxy) is 2. The Labute approximate surface area is 159 Å². The van der Waals surface area contributed by atoms with Gasteiger partial charge in [-0.25, -0.2) is 0 Å². The van der Waals surface area contributed by atoms with Crippen molar-refractivity contribution >= 4 is 11.8 Å². The minimum absolute atomic E-state index is 0.0400. The van der Waals surface area contributed by atoms with Crippen LogP contribution in [0, 0.1) is 0 Å². The molecule has 27 heavy (non-hydrogen) atoms. The van der Waals surface area contributed by atoms with E-state index in [0.717, 1.165) is 18.4 Å². The number of nitrogens with one attached hydrogen (secondary N) is 1. The van der Waals surface area contributed by atoms with Crippen LogP contribution in [-0.2, 0) is 4.79 Å². The van der Waals surface area contributed by atoms with Crippen molar-refractivity contribution in [3.8, 4) is 11.5 Å². The van der Waals surface area contributed by atoms with Gasteiger partial charge >= 0.3 is 0 Å². The maximum Gasteiger partial charge on any atom is 0.251 e. The Bertz CT molecular complexity index is 785. The second-order valence-corrected chi connectivity index (χ2v) is 6.44. The van der Waals surface area contributed by atoms with Gasteiger partial charge in [-0.15, -0.1) is 0 Å². The molecule has 1 unspecified atom stereocenters. The van der Waals surface area contributed by atoms with Crippen molar-refractivity contribution in [3.63, 3.8) is 0 Å². The Morgan fingerprint density at radius 3 is 2.37 bits per heavy atom. The minimum Gasteiger partial charge on any atom is -0.497 e. The lowest BCUT2D eigenvalue weighted by molar-refractivity contribution is -0.131. The molecule has 1 atom stereocenters. The van der Waals surface area contributed by atoms with Crippen molar-refractivity contribution in [1.82, 2.24) is 10.2 Å². The number of benzene rings is 2. The van der Waals surface area contributed by atoms with Crippen molar-refractivity contribution in [2.75, 3.05) is 27.3 Å². The summed E-state index contributed by atoms with van der Waals surface area (Å²) in [5, 5.41) is 2.71. The van der Waals surface area contributed by atoms with Crippen LogP contribution in [0.4, 0.5) is 0 Å². The fourth-order valence-corrected chi connectivity index (χ4v) is 3.38. The molecule has 0 aliphatic carbocycles. The Balaban J connectivity index is 1.64. The number of rotatable bonds is 6. The molecule has 1 N–H and O–H groups in total. The predicted octanol–water partition coefficient (Wildman–Crippen LogP) is 2.80. The van der Waals surface area contributed by atoms with Crippen molar-refractivity contribution in [1.29, 1.82) is 0 Å². The zero-order chi connectivity index (χ0) is 19.2. The molecule has 1 heterocycles. The molecule has 0 bridgehead atoms. The molecule has 0 spiro atoms. The van der Waals surface area contributed by atoms with Crippen LogP contribution in [-0.4, -0.2) is 44.0 Å². The molecular formula is C21H24N2O4. The molecule has 1 fully saturated rings. The highest BCUT2D eigenvalue weighted by molar-refractivity contribution is 5.97. The van der Waals surface area contributed by atoms with E-state index < -0.39 is 0 Å². The van der Waals surface area contributed by atoms with E-state index in [9.17, 15) is 9.59 Å². The molecule has 6 heteroatoms. The summed E-state index contributed by atoms with van der Waals surface area (Å²) in [5.41, 5.74) is 1.52. The largest absolute Gasteiger partial charge is 0.497 e. The SMILES string of the molecule is COc1cc(OC)cc(C(=O)NCC(=O)N2CCCC2c2ccccc2)c1. The van der Waals surface area contributed by atoms with Crippen LogP contribution >= 0.6 is 0 Å². The van der Waals surface area contributed by atoms with Crippen LogP contribution in [0.1, 0.15) is 34.8 Å². The van der Waals surface area contributed by atoms with Gasteiger partial charge in [0, 0.05) is 18.2 Å². The lowest BCUT2D eigenvalue weighted by Crippen LogP contribution is -2.39. The van der Waals surface area contributed by atoms with Gasteiger partial charge in [0.25, 0.3) is 5.91 Å². The van der Waals surface area contributed by atoms with Crippen molar-refractivity contribution in [3.05, 3.63) is 59.7 Å². The van der Waals surface area contributed by atoms with Crippen LogP contribution in [0.15, 0.2) is 48.5 Å². The molecule has 6 nitrogen and oxygen atoms in total. The monoisotopic (exact) mass is 368 g/mol. The van der Waals surface area contributed by atoms with E-state index in [0.29, 0.717) is 23.6 Å². The number of amides is 2. The van der Waals surface area contributed by atoms with E-state index in [4.69, 9.17) is 9.47 Å². The fourth-order valence-electron chi connectivity index (χ4n) is 3.38. The number of hydrogen-bond acceptors (Lipinski definition) is 4. The van der Waals surface area contributed by atoms with E-state index in [1.54, 1.807) is 18.2 Å². The van der Waals surface area contributed by atoms with Crippen LogP contribution in [0.3, 0.4) is 0 Å².